The number of imidazole rings is 1. The molecule has 0 saturated heterocycles. The maximum absolute atomic E-state index is 11.8. The van der Waals surface area contributed by atoms with Crippen LogP contribution in [0.2, 0.25) is 0 Å². The van der Waals surface area contributed by atoms with Crippen molar-refractivity contribution in [3.8, 4) is 0 Å². The van der Waals surface area contributed by atoms with Crippen molar-refractivity contribution in [1.29, 1.82) is 0 Å². The van der Waals surface area contributed by atoms with E-state index in [1.54, 1.807) is 6.92 Å². The van der Waals surface area contributed by atoms with Crippen LogP contribution in [0.5, 0.6) is 0 Å². The Morgan fingerprint density at radius 2 is 2.13 bits per heavy atom. The molecule has 0 bridgehead atoms. The van der Waals surface area contributed by atoms with Crippen molar-refractivity contribution in [2.75, 3.05) is 0 Å². The molecule has 1 heterocycles. The van der Waals surface area contributed by atoms with E-state index >= 15 is 0 Å². The summed E-state index contributed by atoms with van der Waals surface area (Å²) >= 11 is 0. The second kappa shape index (κ2) is 7.26. The fraction of sp³-hybridized carbons (Fsp3) is 0.471. The first-order valence-electron chi connectivity index (χ1n) is 7.86. The number of aliphatic carboxylic acids is 1. The molecule has 0 spiro atoms. The minimum atomic E-state index is -0.989. The van der Waals surface area contributed by atoms with E-state index in [0.717, 1.165) is 28.8 Å². The van der Waals surface area contributed by atoms with Crippen molar-refractivity contribution in [2.24, 2.45) is 7.05 Å². The van der Waals surface area contributed by atoms with Crippen molar-refractivity contribution in [2.45, 2.75) is 45.6 Å². The first kappa shape index (κ1) is 17.0. The molecule has 0 radical (unpaired) electrons. The first-order valence-corrected chi connectivity index (χ1v) is 7.86. The number of hydrogen-bond donors (Lipinski definition) is 2. The van der Waals surface area contributed by atoms with E-state index in [1.165, 1.54) is 0 Å². The van der Waals surface area contributed by atoms with Gasteiger partial charge in [-0.15, -0.1) is 0 Å². The molecule has 0 aliphatic heterocycles. The maximum Gasteiger partial charge on any atom is 0.326 e. The highest BCUT2D eigenvalue weighted by Gasteiger charge is 2.17. The van der Waals surface area contributed by atoms with Gasteiger partial charge in [-0.3, -0.25) is 4.79 Å². The summed E-state index contributed by atoms with van der Waals surface area (Å²) in [7, 11) is 1.99. The Balaban J connectivity index is 1.89. The number of nitrogens with zero attached hydrogens (tertiary/aromatic N) is 2. The Morgan fingerprint density at radius 1 is 1.39 bits per heavy atom. The van der Waals surface area contributed by atoms with E-state index in [9.17, 15) is 9.59 Å². The molecule has 0 aliphatic rings. The SMILES string of the molecule is CCC(NC(=O)CCCc1ccc2c(c1)nc(C)n2C)C(=O)O. The van der Waals surface area contributed by atoms with Gasteiger partial charge in [0, 0.05) is 13.5 Å². The van der Waals surface area contributed by atoms with Crippen LogP contribution >= 0.6 is 0 Å². The summed E-state index contributed by atoms with van der Waals surface area (Å²) in [5.41, 5.74) is 3.19. The number of carbonyl (C=O) groups excluding carboxylic acids is 1. The van der Waals surface area contributed by atoms with Crippen molar-refractivity contribution in [1.82, 2.24) is 14.9 Å². The summed E-state index contributed by atoms with van der Waals surface area (Å²) in [5, 5.41) is 11.5. The fourth-order valence-electron chi connectivity index (χ4n) is 2.58. The molecule has 6 nitrogen and oxygen atoms in total. The third-order valence-corrected chi connectivity index (χ3v) is 4.08. The minimum absolute atomic E-state index is 0.214. The second-order valence-corrected chi connectivity index (χ2v) is 5.76. The van der Waals surface area contributed by atoms with Gasteiger partial charge in [-0.25, -0.2) is 9.78 Å². The Labute approximate surface area is 135 Å². The highest BCUT2D eigenvalue weighted by molar-refractivity contribution is 5.83. The van der Waals surface area contributed by atoms with Gasteiger partial charge >= 0.3 is 5.97 Å². The van der Waals surface area contributed by atoms with Gasteiger partial charge in [-0.05, 0) is 43.9 Å². The standard InChI is InChI=1S/C17H23N3O3/c1-4-13(17(22)23)19-16(21)7-5-6-12-8-9-15-14(10-12)18-11(2)20(15)3/h8-10,13H,4-7H2,1-3H3,(H,19,21)(H,22,23). The normalized spacial score (nSPS) is 12.3. The van der Waals surface area contributed by atoms with E-state index in [1.807, 2.05) is 36.7 Å². The van der Waals surface area contributed by atoms with Crippen LogP contribution in [-0.4, -0.2) is 32.6 Å². The van der Waals surface area contributed by atoms with Gasteiger partial charge in [0.1, 0.15) is 11.9 Å². The number of hydrogen-bond acceptors (Lipinski definition) is 3. The zero-order valence-corrected chi connectivity index (χ0v) is 13.8. The lowest BCUT2D eigenvalue weighted by Gasteiger charge is -2.12. The van der Waals surface area contributed by atoms with Gasteiger partial charge in [-0.1, -0.05) is 13.0 Å². The van der Waals surface area contributed by atoms with Crippen LogP contribution in [0.3, 0.4) is 0 Å². The molecule has 2 rings (SSSR count). The van der Waals surface area contributed by atoms with Gasteiger partial charge in [0.2, 0.25) is 5.91 Å². The summed E-state index contributed by atoms with van der Waals surface area (Å²) in [6.45, 7) is 3.71. The summed E-state index contributed by atoms with van der Waals surface area (Å²) < 4.78 is 2.04. The maximum atomic E-state index is 11.8. The Morgan fingerprint density at radius 3 is 2.78 bits per heavy atom. The van der Waals surface area contributed by atoms with E-state index < -0.39 is 12.0 Å². The third-order valence-electron chi connectivity index (χ3n) is 4.08. The molecule has 0 aliphatic carbocycles. The van der Waals surface area contributed by atoms with Gasteiger partial charge in [-0.2, -0.15) is 0 Å². The van der Waals surface area contributed by atoms with Gasteiger partial charge in [0.15, 0.2) is 0 Å². The van der Waals surface area contributed by atoms with E-state index in [2.05, 4.69) is 10.3 Å². The average molecular weight is 317 g/mol. The lowest BCUT2D eigenvalue weighted by molar-refractivity contribution is -0.141. The van der Waals surface area contributed by atoms with Gasteiger partial charge < -0.3 is 15.0 Å². The summed E-state index contributed by atoms with van der Waals surface area (Å²) in [6.07, 6.45) is 2.15. The van der Waals surface area contributed by atoms with Crippen LogP contribution < -0.4 is 5.32 Å². The van der Waals surface area contributed by atoms with Crippen molar-refractivity contribution < 1.29 is 14.7 Å². The molecule has 6 heteroatoms. The molecule has 2 N–H and O–H groups in total. The second-order valence-electron chi connectivity index (χ2n) is 5.76. The summed E-state index contributed by atoms with van der Waals surface area (Å²) in [5.74, 6) is -0.235. The lowest BCUT2D eigenvalue weighted by Crippen LogP contribution is -2.40. The van der Waals surface area contributed by atoms with Gasteiger partial charge in [0.25, 0.3) is 0 Å². The van der Waals surface area contributed by atoms with Crippen LogP contribution in [0, 0.1) is 6.92 Å². The smallest absolute Gasteiger partial charge is 0.326 e. The molecular weight excluding hydrogens is 294 g/mol. The molecular formula is C17H23N3O3. The van der Waals surface area contributed by atoms with Crippen LogP contribution in [0.25, 0.3) is 11.0 Å². The number of carbonyl (C=O) groups is 2. The highest BCUT2D eigenvalue weighted by Crippen LogP contribution is 2.17. The zero-order valence-electron chi connectivity index (χ0n) is 13.8. The van der Waals surface area contributed by atoms with E-state index in [4.69, 9.17) is 5.11 Å². The molecule has 124 valence electrons. The number of fused-ring (bicyclic) bond motifs is 1. The van der Waals surface area contributed by atoms with Crippen LogP contribution in [-0.2, 0) is 23.1 Å². The van der Waals surface area contributed by atoms with E-state index in [0.29, 0.717) is 19.3 Å². The first-order chi connectivity index (χ1) is 10.9. The molecule has 1 amide bonds. The van der Waals surface area contributed by atoms with Gasteiger partial charge in [0.05, 0.1) is 11.0 Å². The monoisotopic (exact) mass is 317 g/mol. The summed E-state index contributed by atoms with van der Waals surface area (Å²) in [4.78, 5) is 27.2. The Bertz CT molecular complexity index is 721. The average Bonchev–Trinajstić information content (AvgIpc) is 2.79. The van der Waals surface area contributed by atoms with Crippen molar-refractivity contribution >= 4 is 22.9 Å². The predicted molar refractivity (Wildman–Crippen MR) is 88.2 cm³/mol. The number of aryl methyl sites for hydroxylation is 3. The van der Waals surface area contributed by atoms with Crippen molar-refractivity contribution in [3.63, 3.8) is 0 Å². The number of amides is 1. The Hall–Kier alpha value is -2.37. The molecule has 1 atom stereocenters. The Kier molecular flexibility index (Phi) is 5.36. The lowest BCUT2D eigenvalue weighted by atomic mass is 10.1. The van der Waals surface area contributed by atoms with Crippen LogP contribution in [0.15, 0.2) is 18.2 Å². The van der Waals surface area contributed by atoms with Crippen LogP contribution in [0.1, 0.15) is 37.6 Å². The molecule has 1 aromatic carbocycles. The highest BCUT2D eigenvalue weighted by atomic mass is 16.4. The molecule has 23 heavy (non-hydrogen) atoms. The number of carboxylic acids is 1. The number of carboxylic acid groups (broad SMARTS) is 1. The molecule has 1 unspecified atom stereocenters. The number of aromatic nitrogens is 2. The zero-order chi connectivity index (χ0) is 17.0. The number of nitrogens with one attached hydrogen (secondary N) is 1. The topological polar surface area (TPSA) is 84.2 Å². The molecule has 2 aromatic rings. The molecule has 0 fully saturated rings. The van der Waals surface area contributed by atoms with E-state index in [-0.39, 0.29) is 5.91 Å². The fourth-order valence-corrected chi connectivity index (χ4v) is 2.58. The summed E-state index contributed by atoms with van der Waals surface area (Å²) in [6, 6.07) is 5.34. The number of rotatable bonds is 7. The third kappa shape index (κ3) is 4.09. The predicted octanol–water partition coefficient (Wildman–Crippen LogP) is 2.18. The number of benzene rings is 1. The van der Waals surface area contributed by atoms with Crippen LogP contribution in [0.4, 0.5) is 0 Å². The molecule has 0 saturated carbocycles. The minimum Gasteiger partial charge on any atom is -0.480 e. The van der Waals surface area contributed by atoms with Crippen molar-refractivity contribution in [3.05, 3.63) is 29.6 Å². The quantitative estimate of drug-likeness (QED) is 0.820. The largest absolute Gasteiger partial charge is 0.480 e. The molecule has 1 aromatic heterocycles.